The number of nitro benzene ring substituents is 1. The summed E-state index contributed by atoms with van der Waals surface area (Å²) in [6.07, 6.45) is 0.859. The van der Waals surface area contributed by atoms with Gasteiger partial charge in [-0.1, -0.05) is 35.0 Å². The molecule has 0 bridgehead atoms. The van der Waals surface area contributed by atoms with E-state index < -0.39 is 4.92 Å². The Hall–Kier alpha value is -1.92. The molecular weight excluding hydrogens is 336 g/mol. The van der Waals surface area contributed by atoms with E-state index >= 15 is 0 Å². The van der Waals surface area contributed by atoms with Crippen LogP contribution in [0.5, 0.6) is 11.5 Å². The lowest BCUT2D eigenvalue weighted by atomic mass is 10.1. The molecule has 110 valence electrons. The highest BCUT2D eigenvalue weighted by Gasteiger charge is 2.10. The van der Waals surface area contributed by atoms with Crippen molar-refractivity contribution in [1.29, 1.82) is 0 Å². The summed E-state index contributed by atoms with van der Waals surface area (Å²) in [4.78, 5) is 10.4. The van der Waals surface area contributed by atoms with Crippen LogP contribution in [0, 0.1) is 10.1 Å². The van der Waals surface area contributed by atoms with Crippen LogP contribution in [0.1, 0.15) is 24.9 Å². The molecule has 2 aromatic rings. The van der Waals surface area contributed by atoms with E-state index in [1.807, 2.05) is 19.1 Å². The Balaban J connectivity index is 2.20. The Kier molecular flexibility index (Phi) is 4.93. The van der Waals surface area contributed by atoms with Crippen LogP contribution in [0.3, 0.4) is 0 Å². The van der Waals surface area contributed by atoms with E-state index in [9.17, 15) is 10.1 Å². The minimum atomic E-state index is -0.457. The van der Waals surface area contributed by atoms with E-state index in [1.165, 1.54) is 12.1 Å². The molecule has 2 N–H and O–H groups in total. The SMILES string of the molecule is CC[C@H](N)c1ccc(Oc2cc(Br)cc([N+](=O)[O-])c2)cc1. The van der Waals surface area contributed by atoms with Gasteiger partial charge in [0.05, 0.1) is 11.0 Å². The van der Waals surface area contributed by atoms with Crippen molar-refractivity contribution in [3.63, 3.8) is 0 Å². The normalized spacial score (nSPS) is 12.0. The summed E-state index contributed by atoms with van der Waals surface area (Å²) in [6.45, 7) is 2.02. The second-order valence-corrected chi connectivity index (χ2v) is 5.50. The number of non-ortho nitro benzene ring substituents is 1. The highest BCUT2D eigenvalue weighted by atomic mass is 79.9. The van der Waals surface area contributed by atoms with Gasteiger partial charge in [-0.3, -0.25) is 10.1 Å². The Morgan fingerprint density at radius 1 is 1.24 bits per heavy atom. The van der Waals surface area contributed by atoms with Gasteiger partial charge in [0.2, 0.25) is 0 Å². The molecule has 0 aliphatic carbocycles. The van der Waals surface area contributed by atoms with Gasteiger partial charge in [-0.25, -0.2) is 0 Å². The molecule has 0 radical (unpaired) electrons. The van der Waals surface area contributed by atoms with Crippen LogP contribution >= 0.6 is 15.9 Å². The molecule has 0 amide bonds. The molecular formula is C15H15BrN2O3. The van der Waals surface area contributed by atoms with Crippen LogP contribution in [-0.2, 0) is 0 Å². The van der Waals surface area contributed by atoms with Crippen LogP contribution in [0.25, 0.3) is 0 Å². The summed E-state index contributed by atoms with van der Waals surface area (Å²) in [5.74, 6) is 1.01. The molecule has 5 nitrogen and oxygen atoms in total. The fourth-order valence-corrected chi connectivity index (χ4v) is 2.33. The van der Waals surface area contributed by atoms with Gasteiger partial charge in [-0.15, -0.1) is 0 Å². The predicted octanol–water partition coefficient (Wildman–Crippen LogP) is 4.56. The van der Waals surface area contributed by atoms with E-state index in [4.69, 9.17) is 10.5 Å². The van der Waals surface area contributed by atoms with Crippen LogP contribution in [0.15, 0.2) is 46.9 Å². The minimum absolute atomic E-state index is 0.00556. The highest BCUT2D eigenvalue weighted by Crippen LogP contribution is 2.30. The van der Waals surface area contributed by atoms with Crippen molar-refractivity contribution in [3.8, 4) is 11.5 Å². The molecule has 2 rings (SSSR count). The van der Waals surface area contributed by atoms with Gasteiger partial charge in [0.1, 0.15) is 11.5 Å². The lowest BCUT2D eigenvalue weighted by molar-refractivity contribution is -0.385. The molecule has 6 heteroatoms. The minimum Gasteiger partial charge on any atom is -0.457 e. The first-order valence-electron chi connectivity index (χ1n) is 6.48. The van der Waals surface area contributed by atoms with Crippen LogP contribution in [0.4, 0.5) is 5.69 Å². The maximum atomic E-state index is 10.8. The van der Waals surface area contributed by atoms with Crippen molar-refractivity contribution in [3.05, 3.63) is 62.6 Å². The lowest BCUT2D eigenvalue weighted by Crippen LogP contribution is -2.07. The Bertz CT molecular complexity index is 644. The number of rotatable bonds is 5. The van der Waals surface area contributed by atoms with Crippen LogP contribution < -0.4 is 10.5 Å². The number of hydrogen-bond donors (Lipinski definition) is 1. The molecule has 0 spiro atoms. The fraction of sp³-hybridized carbons (Fsp3) is 0.200. The van der Waals surface area contributed by atoms with Crippen LogP contribution in [-0.4, -0.2) is 4.92 Å². The zero-order valence-electron chi connectivity index (χ0n) is 11.5. The van der Waals surface area contributed by atoms with Crippen molar-refractivity contribution in [2.45, 2.75) is 19.4 Å². The largest absolute Gasteiger partial charge is 0.457 e. The molecule has 2 aromatic carbocycles. The standard InChI is InChI=1S/C15H15BrN2O3/c1-2-15(17)10-3-5-13(6-4-10)21-14-8-11(16)7-12(9-14)18(19)20/h3-9,15H,2,17H2,1H3/t15-/m0/s1. The molecule has 0 saturated heterocycles. The van der Waals surface area contributed by atoms with E-state index in [0.29, 0.717) is 16.0 Å². The summed E-state index contributed by atoms with van der Waals surface area (Å²) >= 11 is 3.23. The maximum Gasteiger partial charge on any atom is 0.274 e. The third kappa shape index (κ3) is 4.03. The maximum absolute atomic E-state index is 10.8. The van der Waals surface area contributed by atoms with Gasteiger partial charge < -0.3 is 10.5 Å². The molecule has 0 aliphatic rings. The van der Waals surface area contributed by atoms with Gasteiger partial charge in [0.25, 0.3) is 5.69 Å². The van der Waals surface area contributed by atoms with E-state index in [0.717, 1.165) is 12.0 Å². The predicted molar refractivity (Wildman–Crippen MR) is 84.5 cm³/mol. The van der Waals surface area contributed by atoms with Crippen molar-refractivity contribution in [2.75, 3.05) is 0 Å². The average Bonchev–Trinajstić information content (AvgIpc) is 2.46. The number of halogens is 1. The topological polar surface area (TPSA) is 78.4 Å². The van der Waals surface area contributed by atoms with Crippen molar-refractivity contribution >= 4 is 21.6 Å². The molecule has 0 aromatic heterocycles. The Morgan fingerprint density at radius 3 is 2.48 bits per heavy atom. The van der Waals surface area contributed by atoms with Gasteiger partial charge in [0, 0.05) is 16.6 Å². The van der Waals surface area contributed by atoms with E-state index in [2.05, 4.69) is 15.9 Å². The zero-order valence-corrected chi connectivity index (χ0v) is 13.0. The van der Waals surface area contributed by atoms with E-state index in [1.54, 1.807) is 18.2 Å². The average molecular weight is 351 g/mol. The molecule has 0 heterocycles. The monoisotopic (exact) mass is 350 g/mol. The van der Waals surface area contributed by atoms with Crippen LogP contribution in [0.2, 0.25) is 0 Å². The van der Waals surface area contributed by atoms with Gasteiger partial charge in [-0.2, -0.15) is 0 Å². The Labute approximate surface area is 131 Å². The molecule has 0 unspecified atom stereocenters. The molecule has 0 fully saturated rings. The first-order valence-corrected chi connectivity index (χ1v) is 7.27. The molecule has 1 atom stereocenters. The molecule has 0 saturated carbocycles. The van der Waals surface area contributed by atoms with Gasteiger partial charge >= 0.3 is 0 Å². The highest BCUT2D eigenvalue weighted by molar-refractivity contribution is 9.10. The summed E-state index contributed by atoms with van der Waals surface area (Å²) in [5.41, 5.74) is 6.96. The second-order valence-electron chi connectivity index (χ2n) is 4.59. The van der Waals surface area contributed by atoms with Gasteiger partial charge in [0.15, 0.2) is 0 Å². The summed E-state index contributed by atoms with van der Waals surface area (Å²) in [5, 5.41) is 10.8. The van der Waals surface area contributed by atoms with Gasteiger partial charge in [-0.05, 0) is 30.2 Å². The zero-order chi connectivity index (χ0) is 15.4. The Morgan fingerprint density at radius 2 is 1.90 bits per heavy atom. The number of nitrogens with two attached hydrogens (primary N) is 1. The number of hydrogen-bond acceptors (Lipinski definition) is 4. The summed E-state index contributed by atoms with van der Waals surface area (Å²) < 4.78 is 6.24. The second kappa shape index (κ2) is 6.69. The summed E-state index contributed by atoms with van der Waals surface area (Å²) in [6, 6.07) is 11.9. The van der Waals surface area contributed by atoms with E-state index in [-0.39, 0.29) is 11.7 Å². The number of nitro groups is 1. The quantitative estimate of drug-likeness (QED) is 0.633. The lowest BCUT2D eigenvalue weighted by Gasteiger charge is -2.11. The van der Waals surface area contributed by atoms with Crippen molar-refractivity contribution in [2.24, 2.45) is 5.73 Å². The van der Waals surface area contributed by atoms with Crippen molar-refractivity contribution in [1.82, 2.24) is 0 Å². The molecule has 21 heavy (non-hydrogen) atoms. The fourth-order valence-electron chi connectivity index (χ4n) is 1.87. The first kappa shape index (κ1) is 15.5. The number of benzene rings is 2. The third-order valence-electron chi connectivity index (χ3n) is 3.05. The number of ether oxygens (including phenoxy) is 1. The number of nitrogens with zero attached hydrogens (tertiary/aromatic N) is 1. The molecule has 0 aliphatic heterocycles. The summed E-state index contributed by atoms with van der Waals surface area (Å²) in [7, 11) is 0. The van der Waals surface area contributed by atoms with Crippen molar-refractivity contribution < 1.29 is 9.66 Å². The third-order valence-corrected chi connectivity index (χ3v) is 3.51. The smallest absolute Gasteiger partial charge is 0.274 e. The first-order chi connectivity index (χ1) is 9.99.